The summed E-state index contributed by atoms with van der Waals surface area (Å²) in [5.41, 5.74) is 0. The van der Waals surface area contributed by atoms with Gasteiger partial charge in [-0.25, -0.2) is 4.79 Å². The van der Waals surface area contributed by atoms with E-state index in [9.17, 15) is 9.90 Å². The summed E-state index contributed by atoms with van der Waals surface area (Å²) in [7, 11) is 1.36. The van der Waals surface area contributed by atoms with Crippen molar-refractivity contribution in [2.24, 2.45) is 0 Å². The summed E-state index contributed by atoms with van der Waals surface area (Å²) in [6, 6.07) is 0.154. The first-order valence-corrected chi connectivity index (χ1v) is 4.86. The molecule has 82 valence electrons. The lowest BCUT2D eigenvalue weighted by atomic mass is 10.3. The fraction of sp³-hybridized carbons (Fsp3) is 0.889. The molecule has 0 bridgehead atoms. The number of nitrogens with one attached hydrogen (secondary N) is 1. The topological polar surface area (TPSA) is 61.8 Å². The Balaban J connectivity index is 2.23. The lowest BCUT2D eigenvalue weighted by Crippen LogP contribution is -2.38. The van der Waals surface area contributed by atoms with Crippen molar-refractivity contribution in [1.82, 2.24) is 10.2 Å². The van der Waals surface area contributed by atoms with E-state index in [0.717, 1.165) is 19.5 Å². The van der Waals surface area contributed by atoms with Gasteiger partial charge < -0.3 is 15.2 Å². The predicted molar refractivity (Wildman–Crippen MR) is 52.1 cm³/mol. The molecule has 1 rings (SSSR count). The first kappa shape index (κ1) is 11.3. The van der Waals surface area contributed by atoms with Crippen LogP contribution in [0, 0.1) is 0 Å². The van der Waals surface area contributed by atoms with Crippen molar-refractivity contribution in [2.75, 3.05) is 26.7 Å². The second-order valence-electron chi connectivity index (χ2n) is 3.73. The van der Waals surface area contributed by atoms with Crippen LogP contribution in [0.4, 0.5) is 4.79 Å². The van der Waals surface area contributed by atoms with Gasteiger partial charge in [-0.3, -0.25) is 4.90 Å². The number of aliphatic hydroxyl groups is 1. The van der Waals surface area contributed by atoms with Gasteiger partial charge in [0.25, 0.3) is 0 Å². The molecule has 0 saturated carbocycles. The van der Waals surface area contributed by atoms with Crippen molar-refractivity contribution >= 4 is 6.09 Å². The average Bonchev–Trinajstić information content (AvgIpc) is 2.51. The third-order valence-corrected chi connectivity index (χ3v) is 2.30. The highest BCUT2D eigenvalue weighted by atomic mass is 16.5. The Hall–Kier alpha value is -0.810. The van der Waals surface area contributed by atoms with E-state index in [4.69, 9.17) is 0 Å². The summed E-state index contributed by atoms with van der Waals surface area (Å²) < 4.78 is 4.51. The number of ether oxygens (including phenoxy) is 1. The number of alkyl carbamates (subject to hydrolysis) is 1. The molecule has 0 aromatic heterocycles. The molecule has 0 radical (unpaired) electrons. The number of rotatable bonds is 3. The van der Waals surface area contributed by atoms with Crippen molar-refractivity contribution in [3.05, 3.63) is 0 Å². The molecule has 1 fully saturated rings. The molecule has 5 nitrogen and oxygen atoms in total. The van der Waals surface area contributed by atoms with Crippen LogP contribution in [0.25, 0.3) is 0 Å². The number of β-amino-alcohol motifs (C(OH)–C–C–N with tert-alkyl or cyclic N) is 1. The molecule has 1 unspecified atom stereocenters. The second-order valence-corrected chi connectivity index (χ2v) is 3.73. The predicted octanol–water partition coefficient (Wildman–Crippen LogP) is -0.203. The standard InChI is InChI=1S/C9H18N2O3/c1-7(12)5-11-4-3-8(6-11)10-9(13)14-2/h7-8,12H,3-6H2,1-2H3,(H,10,13)/t7-,8?/m1/s1. The molecule has 1 aliphatic heterocycles. The summed E-state index contributed by atoms with van der Waals surface area (Å²) in [4.78, 5) is 13.0. The van der Waals surface area contributed by atoms with Crippen molar-refractivity contribution < 1.29 is 14.6 Å². The summed E-state index contributed by atoms with van der Waals surface area (Å²) >= 11 is 0. The smallest absolute Gasteiger partial charge is 0.407 e. The number of carbonyl (C=O) groups is 1. The van der Waals surface area contributed by atoms with E-state index in [2.05, 4.69) is 15.0 Å². The van der Waals surface area contributed by atoms with Crippen molar-refractivity contribution in [3.63, 3.8) is 0 Å². The maximum absolute atomic E-state index is 10.9. The van der Waals surface area contributed by atoms with Gasteiger partial charge in [-0.1, -0.05) is 0 Å². The van der Waals surface area contributed by atoms with Crippen molar-refractivity contribution in [2.45, 2.75) is 25.5 Å². The van der Waals surface area contributed by atoms with Gasteiger partial charge in [0.2, 0.25) is 0 Å². The van der Waals surface area contributed by atoms with E-state index in [-0.39, 0.29) is 18.2 Å². The molecule has 2 atom stereocenters. The Morgan fingerprint density at radius 3 is 3.07 bits per heavy atom. The molecule has 1 saturated heterocycles. The molecule has 0 aromatic carbocycles. The maximum Gasteiger partial charge on any atom is 0.407 e. The SMILES string of the molecule is COC(=O)NC1CCN(C[C@@H](C)O)C1. The monoisotopic (exact) mass is 202 g/mol. The fourth-order valence-corrected chi connectivity index (χ4v) is 1.72. The van der Waals surface area contributed by atoms with Crippen LogP contribution in [-0.4, -0.2) is 55.0 Å². The van der Waals surface area contributed by atoms with E-state index in [0.29, 0.717) is 6.54 Å². The zero-order chi connectivity index (χ0) is 10.6. The largest absolute Gasteiger partial charge is 0.453 e. The normalized spacial score (nSPS) is 24.6. The van der Waals surface area contributed by atoms with Crippen LogP contribution in [0.3, 0.4) is 0 Å². The quantitative estimate of drug-likeness (QED) is 0.665. The molecule has 1 heterocycles. The highest BCUT2D eigenvalue weighted by Gasteiger charge is 2.24. The van der Waals surface area contributed by atoms with Gasteiger partial charge in [0, 0.05) is 25.7 Å². The summed E-state index contributed by atoms with van der Waals surface area (Å²) in [6.45, 7) is 4.14. The minimum Gasteiger partial charge on any atom is -0.453 e. The maximum atomic E-state index is 10.9. The van der Waals surface area contributed by atoms with E-state index < -0.39 is 0 Å². The molecule has 14 heavy (non-hydrogen) atoms. The van der Waals surface area contributed by atoms with E-state index in [1.807, 2.05) is 0 Å². The van der Waals surface area contributed by atoms with Gasteiger partial charge in [-0.2, -0.15) is 0 Å². The number of hydrogen-bond acceptors (Lipinski definition) is 4. The van der Waals surface area contributed by atoms with Gasteiger partial charge in [0.15, 0.2) is 0 Å². The summed E-state index contributed by atoms with van der Waals surface area (Å²) in [5, 5.41) is 11.9. The van der Waals surface area contributed by atoms with Gasteiger partial charge in [-0.15, -0.1) is 0 Å². The van der Waals surface area contributed by atoms with E-state index in [1.165, 1.54) is 7.11 Å². The molecule has 0 aliphatic carbocycles. The minimum absolute atomic E-state index is 0.154. The lowest BCUT2D eigenvalue weighted by molar-refractivity contribution is 0.138. The van der Waals surface area contributed by atoms with Crippen molar-refractivity contribution in [1.29, 1.82) is 0 Å². The molecular weight excluding hydrogens is 184 g/mol. The first-order chi connectivity index (χ1) is 6.61. The van der Waals surface area contributed by atoms with Crippen LogP contribution in [0.2, 0.25) is 0 Å². The van der Waals surface area contributed by atoms with Gasteiger partial charge in [0.05, 0.1) is 13.2 Å². The Bertz CT molecular complexity index is 196. The second kappa shape index (κ2) is 5.17. The number of likely N-dealkylation sites (tertiary alicyclic amines) is 1. The minimum atomic E-state index is -0.381. The van der Waals surface area contributed by atoms with Crippen LogP contribution < -0.4 is 5.32 Å². The molecule has 2 N–H and O–H groups in total. The molecule has 5 heteroatoms. The number of hydrogen-bond donors (Lipinski definition) is 2. The Kier molecular flexibility index (Phi) is 4.16. The van der Waals surface area contributed by atoms with Crippen LogP contribution in [0.5, 0.6) is 0 Å². The van der Waals surface area contributed by atoms with Gasteiger partial charge in [-0.05, 0) is 13.3 Å². The van der Waals surface area contributed by atoms with E-state index >= 15 is 0 Å². The summed E-state index contributed by atoms with van der Waals surface area (Å²) in [5.74, 6) is 0. The number of amides is 1. The Labute approximate surface area is 84.0 Å². The first-order valence-electron chi connectivity index (χ1n) is 4.86. The molecule has 0 spiro atoms. The lowest BCUT2D eigenvalue weighted by Gasteiger charge is -2.17. The molecule has 1 amide bonds. The van der Waals surface area contributed by atoms with Crippen LogP contribution in [-0.2, 0) is 4.74 Å². The number of methoxy groups -OCH3 is 1. The Morgan fingerprint density at radius 2 is 2.50 bits per heavy atom. The van der Waals surface area contributed by atoms with E-state index in [1.54, 1.807) is 6.92 Å². The fourth-order valence-electron chi connectivity index (χ4n) is 1.72. The molecule has 0 aromatic rings. The van der Waals surface area contributed by atoms with Gasteiger partial charge in [0.1, 0.15) is 0 Å². The van der Waals surface area contributed by atoms with Crippen LogP contribution >= 0.6 is 0 Å². The number of nitrogens with zero attached hydrogens (tertiary/aromatic N) is 1. The van der Waals surface area contributed by atoms with Crippen molar-refractivity contribution in [3.8, 4) is 0 Å². The zero-order valence-electron chi connectivity index (χ0n) is 8.69. The molecule has 1 aliphatic rings. The highest BCUT2D eigenvalue weighted by molar-refractivity contribution is 5.67. The average molecular weight is 202 g/mol. The van der Waals surface area contributed by atoms with Crippen LogP contribution in [0.1, 0.15) is 13.3 Å². The van der Waals surface area contributed by atoms with Gasteiger partial charge >= 0.3 is 6.09 Å². The Morgan fingerprint density at radius 1 is 1.79 bits per heavy atom. The molecular formula is C9H18N2O3. The number of aliphatic hydroxyl groups excluding tert-OH is 1. The third kappa shape index (κ3) is 3.51. The summed E-state index contributed by atoms with van der Waals surface area (Å²) in [6.07, 6.45) is 0.225. The highest BCUT2D eigenvalue weighted by Crippen LogP contribution is 2.09. The number of carbonyl (C=O) groups excluding carboxylic acids is 1. The third-order valence-electron chi connectivity index (χ3n) is 2.30. The zero-order valence-corrected chi connectivity index (χ0v) is 8.69. The van der Waals surface area contributed by atoms with Crippen LogP contribution in [0.15, 0.2) is 0 Å².